The summed E-state index contributed by atoms with van der Waals surface area (Å²) in [5.41, 5.74) is 0.261. The van der Waals surface area contributed by atoms with Gasteiger partial charge in [-0.2, -0.15) is 0 Å². The van der Waals surface area contributed by atoms with Crippen molar-refractivity contribution in [2.45, 2.75) is 11.7 Å². The van der Waals surface area contributed by atoms with Gasteiger partial charge in [-0.1, -0.05) is 6.07 Å². The number of thioether (sulfide) groups is 1. The van der Waals surface area contributed by atoms with Crippen LogP contribution in [0, 0.1) is 5.82 Å². The van der Waals surface area contributed by atoms with Crippen molar-refractivity contribution in [1.29, 1.82) is 0 Å². The van der Waals surface area contributed by atoms with Gasteiger partial charge in [-0.3, -0.25) is 9.59 Å². The van der Waals surface area contributed by atoms with Crippen LogP contribution in [0.1, 0.15) is 6.42 Å². The van der Waals surface area contributed by atoms with Crippen molar-refractivity contribution in [2.75, 3.05) is 17.3 Å². The normalized spacial score (nSPS) is 19.7. The first-order valence-electron chi connectivity index (χ1n) is 5.48. The maximum Gasteiger partial charge on any atom is 0.247 e. The third-order valence-electron chi connectivity index (χ3n) is 2.58. The molecule has 0 bridgehead atoms. The molecule has 1 atom stereocenters. The van der Waals surface area contributed by atoms with Crippen molar-refractivity contribution < 1.29 is 19.1 Å². The highest BCUT2D eigenvalue weighted by atomic mass is 32.2. The summed E-state index contributed by atoms with van der Waals surface area (Å²) in [6.07, 6.45) is 0.0972. The average Bonchev–Trinajstić information content (AvgIpc) is 2.62. The number of carbonyl (C=O) groups is 2. The van der Waals surface area contributed by atoms with Crippen molar-refractivity contribution in [2.24, 2.45) is 0 Å². The fourth-order valence-corrected chi connectivity index (χ4v) is 2.71. The van der Waals surface area contributed by atoms with E-state index in [9.17, 15) is 14.0 Å². The van der Waals surface area contributed by atoms with Crippen LogP contribution in [-0.2, 0) is 9.59 Å². The summed E-state index contributed by atoms with van der Waals surface area (Å²) in [5.74, 6) is -0.759. The van der Waals surface area contributed by atoms with Crippen LogP contribution in [-0.4, -0.2) is 34.5 Å². The van der Waals surface area contributed by atoms with Gasteiger partial charge in [0, 0.05) is 12.2 Å². The zero-order valence-electron chi connectivity index (χ0n) is 9.51. The predicted octanol–water partition coefficient (Wildman–Crippen LogP) is 1.18. The summed E-state index contributed by atoms with van der Waals surface area (Å²) in [6.45, 7) is -0.0391. The van der Waals surface area contributed by atoms with Crippen molar-refractivity contribution in [3.8, 4) is 0 Å². The number of hydrogen-bond donors (Lipinski definition) is 1. The second-order valence-electron chi connectivity index (χ2n) is 3.83. The van der Waals surface area contributed by atoms with Crippen LogP contribution in [0.3, 0.4) is 0 Å². The van der Waals surface area contributed by atoms with E-state index in [0.29, 0.717) is 5.75 Å². The molecule has 18 heavy (non-hydrogen) atoms. The minimum atomic E-state index is -0.487. The quantitative estimate of drug-likeness (QED) is 0.834. The van der Waals surface area contributed by atoms with Gasteiger partial charge in [0.05, 0.1) is 17.5 Å². The van der Waals surface area contributed by atoms with Gasteiger partial charge in [-0.15, -0.1) is 11.8 Å². The van der Waals surface area contributed by atoms with Gasteiger partial charge in [0.1, 0.15) is 5.82 Å². The Bertz CT molecular complexity index is 480. The fourth-order valence-electron chi connectivity index (χ4n) is 1.82. The third-order valence-corrected chi connectivity index (χ3v) is 3.77. The van der Waals surface area contributed by atoms with Gasteiger partial charge in [-0.05, 0) is 18.2 Å². The molecular weight excluding hydrogens is 257 g/mol. The number of amides is 2. The molecule has 6 heteroatoms. The molecule has 1 heterocycles. The lowest BCUT2D eigenvalue weighted by Gasteiger charge is -2.14. The molecule has 1 fully saturated rings. The average molecular weight is 269 g/mol. The second kappa shape index (κ2) is 5.49. The van der Waals surface area contributed by atoms with E-state index in [1.807, 2.05) is 0 Å². The number of hydrogen-bond acceptors (Lipinski definition) is 4. The number of aliphatic hydroxyl groups is 1. The van der Waals surface area contributed by atoms with E-state index in [2.05, 4.69) is 0 Å². The number of anilines is 1. The van der Waals surface area contributed by atoms with Crippen molar-refractivity contribution in [3.63, 3.8) is 0 Å². The van der Waals surface area contributed by atoms with Crippen LogP contribution in [0.5, 0.6) is 0 Å². The molecule has 1 aliphatic heterocycles. The zero-order chi connectivity index (χ0) is 13.1. The van der Waals surface area contributed by atoms with Crippen molar-refractivity contribution in [1.82, 2.24) is 0 Å². The van der Waals surface area contributed by atoms with E-state index >= 15 is 0 Å². The highest BCUT2D eigenvalue weighted by molar-refractivity contribution is 8.00. The van der Waals surface area contributed by atoms with Crippen molar-refractivity contribution in [3.05, 3.63) is 30.1 Å². The molecule has 0 aliphatic carbocycles. The molecule has 1 aromatic rings. The molecule has 0 spiro atoms. The Balaban J connectivity index is 2.19. The molecule has 0 aromatic heterocycles. The molecule has 1 aromatic carbocycles. The summed E-state index contributed by atoms with van der Waals surface area (Å²) < 4.78 is 13.1. The lowest BCUT2D eigenvalue weighted by atomic mass is 10.3. The minimum Gasteiger partial charge on any atom is -0.396 e. The third kappa shape index (κ3) is 2.54. The molecule has 0 radical (unpaired) electrons. The monoisotopic (exact) mass is 269 g/mol. The van der Waals surface area contributed by atoms with E-state index in [4.69, 9.17) is 5.11 Å². The molecule has 1 saturated heterocycles. The molecule has 1 N–H and O–H groups in total. The lowest BCUT2D eigenvalue weighted by molar-refractivity contribution is -0.121. The number of aliphatic hydroxyl groups excluding tert-OH is 1. The van der Waals surface area contributed by atoms with Crippen LogP contribution in [0.4, 0.5) is 10.1 Å². The van der Waals surface area contributed by atoms with Gasteiger partial charge in [-0.25, -0.2) is 9.29 Å². The molecule has 0 unspecified atom stereocenters. The van der Waals surface area contributed by atoms with Crippen LogP contribution in [0.25, 0.3) is 0 Å². The highest BCUT2D eigenvalue weighted by Crippen LogP contribution is 2.29. The van der Waals surface area contributed by atoms with Crippen LogP contribution < -0.4 is 4.90 Å². The summed E-state index contributed by atoms with van der Waals surface area (Å²) in [6, 6.07) is 5.40. The number of rotatable bonds is 4. The molecule has 0 saturated carbocycles. The smallest absolute Gasteiger partial charge is 0.247 e. The summed E-state index contributed by atoms with van der Waals surface area (Å²) in [5, 5.41) is 8.24. The number of halogens is 1. The van der Waals surface area contributed by atoms with E-state index < -0.39 is 11.1 Å². The Morgan fingerprint density at radius 2 is 2.22 bits per heavy atom. The Morgan fingerprint density at radius 1 is 1.44 bits per heavy atom. The summed E-state index contributed by atoms with van der Waals surface area (Å²) in [7, 11) is 0. The van der Waals surface area contributed by atoms with Crippen LogP contribution >= 0.6 is 11.8 Å². The first-order valence-corrected chi connectivity index (χ1v) is 6.53. The van der Waals surface area contributed by atoms with E-state index in [-0.39, 0.29) is 30.5 Å². The van der Waals surface area contributed by atoms with Gasteiger partial charge in [0.2, 0.25) is 11.8 Å². The molecular formula is C12H12FNO3S. The minimum absolute atomic E-state index is 0.0391. The topological polar surface area (TPSA) is 57.6 Å². The van der Waals surface area contributed by atoms with E-state index in [1.54, 1.807) is 0 Å². The SMILES string of the molecule is O=C1C[C@@H](SCCO)C(=O)N1c1cccc(F)c1. The Morgan fingerprint density at radius 3 is 2.89 bits per heavy atom. The molecule has 2 amide bonds. The Labute approximate surface area is 108 Å². The van der Waals surface area contributed by atoms with E-state index in [1.165, 1.54) is 30.0 Å². The molecule has 4 nitrogen and oxygen atoms in total. The number of carbonyl (C=O) groups excluding carboxylic acids is 2. The first-order chi connectivity index (χ1) is 8.63. The lowest BCUT2D eigenvalue weighted by Crippen LogP contribution is -2.31. The van der Waals surface area contributed by atoms with Gasteiger partial charge in [0.15, 0.2) is 0 Å². The first kappa shape index (κ1) is 13.0. The maximum atomic E-state index is 13.1. The number of benzene rings is 1. The maximum absolute atomic E-state index is 13.1. The predicted molar refractivity (Wildman–Crippen MR) is 66.8 cm³/mol. The molecule has 2 rings (SSSR count). The highest BCUT2D eigenvalue weighted by Gasteiger charge is 2.39. The van der Waals surface area contributed by atoms with Gasteiger partial charge in [0.25, 0.3) is 0 Å². The standard InChI is InChI=1S/C12H12FNO3S/c13-8-2-1-3-9(6-8)14-11(16)7-10(12(14)17)18-5-4-15/h1-3,6,10,15H,4-5,7H2/t10-/m1/s1. The largest absolute Gasteiger partial charge is 0.396 e. The molecule has 96 valence electrons. The van der Waals surface area contributed by atoms with Crippen LogP contribution in [0.2, 0.25) is 0 Å². The second-order valence-corrected chi connectivity index (χ2v) is 5.15. The number of nitrogens with zero attached hydrogens (tertiary/aromatic N) is 1. The molecule has 1 aliphatic rings. The summed E-state index contributed by atoms with van der Waals surface area (Å²) in [4.78, 5) is 24.8. The van der Waals surface area contributed by atoms with Crippen LogP contribution in [0.15, 0.2) is 24.3 Å². The Hall–Kier alpha value is -1.40. The Kier molecular flexibility index (Phi) is 3.98. The number of imide groups is 1. The van der Waals surface area contributed by atoms with Crippen molar-refractivity contribution >= 4 is 29.3 Å². The zero-order valence-corrected chi connectivity index (χ0v) is 10.3. The summed E-state index contributed by atoms with van der Waals surface area (Å²) >= 11 is 1.24. The van der Waals surface area contributed by atoms with Gasteiger partial charge < -0.3 is 5.11 Å². The van der Waals surface area contributed by atoms with Gasteiger partial charge >= 0.3 is 0 Å². The van der Waals surface area contributed by atoms with E-state index in [0.717, 1.165) is 11.0 Å². The fraction of sp³-hybridized carbons (Fsp3) is 0.333.